The van der Waals surface area contributed by atoms with Crippen molar-refractivity contribution in [2.45, 2.75) is 45.4 Å². The van der Waals surface area contributed by atoms with E-state index in [0.29, 0.717) is 12.6 Å². The third kappa shape index (κ3) is 4.15. The Morgan fingerprint density at radius 3 is 2.56 bits per heavy atom. The van der Waals surface area contributed by atoms with Crippen molar-refractivity contribution in [1.29, 1.82) is 0 Å². The molecule has 1 aliphatic rings. The second-order valence-corrected chi connectivity index (χ2v) is 5.16. The van der Waals surface area contributed by atoms with Crippen LogP contribution < -0.4 is 0 Å². The van der Waals surface area contributed by atoms with Gasteiger partial charge in [-0.3, -0.25) is 9.69 Å². The number of hydrogen-bond donors (Lipinski definition) is 0. The molecule has 0 N–H and O–H groups in total. The molecule has 0 amide bonds. The molecule has 1 aromatic rings. The number of rotatable bonds is 6. The third-order valence-electron chi connectivity index (χ3n) is 2.99. The Morgan fingerprint density at radius 1 is 1.33 bits per heavy atom. The molecular weight excluding hydrogens is 226 g/mol. The molecule has 0 radical (unpaired) electrons. The number of esters is 1. The van der Waals surface area contributed by atoms with Crippen molar-refractivity contribution in [3.8, 4) is 0 Å². The first kappa shape index (κ1) is 13.1. The molecule has 3 heteroatoms. The van der Waals surface area contributed by atoms with Crippen LogP contribution in [0.1, 0.15) is 32.3 Å². The molecule has 2 rings (SSSR count). The van der Waals surface area contributed by atoms with Gasteiger partial charge in [0, 0.05) is 12.6 Å². The van der Waals surface area contributed by atoms with Gasteiger partial charge in [-0.05, 0) is 32.3 Å². The molecule has 0 unspecified atom stereocenters. The largest absolute Gasteiger partial charge is 0.462 e. The quantitative estimate of drug-likeness (QED) is 0.724. The van der Waals surface area contributed by atoms with Gasteiger partial charge in [0.25, 0.3) is 0 Å². The lowest BCUT2D eigenvalue weighted by atomic mass is 10.2. The second-order valence-electron chi connectivity index (χ2n) is 5.16. The van der Waals surface area contributed by atoms with Gasteiger partial charge in [-0.25, -0.2) is 0 Å². The minimum atomic E-state index is -0.118. The highest BCUT2D eigenvalue weighted by Crippen LogP contribution is 2.28. The van der Waals surface area contributed by atoms with E-state index in [1.807, 2.05) is 32.0 Å². The summed E-state index contributed by atoms with van der Waals surface area (Å²) in [6.45, 7) is 5.00. The molecule has 0 heterocycles. The minimum Gasteiger partial charge on any atom is -0.462 e. The lowest BCUT2D eigenvalue weighted by Crippen LogP contribution is -2.33. The lowest BCUT2D eigenvalue weighted by molar-refractivity contribution is -0.149. The monoisotopic (exact) mass is 247 g/mol. The molecule has 3 nitrogen and oxygen atoms in total. The fourth-order valence-corrected chi connectivity index (χ4v) is 2.04. The average Bonchev–Trinajstić information content (AvgIpc) is 3.12. The molecule has 18 heavy (non-hydrogen) atoms. The van der Waals surface area contributed by atoms with E-state index in [-0.39, 0.29) is 12.1 Å². The molecule has 98 valence electrons. The summed E-state index contributed by atoms with van der Waals surface area (Å²) >= 11 is 0. The summed E-state index contributed by atoms with van der Waals surface area (Å²) in [5.41, 5.74) is 1.25. The van der Waals surface area contributed by atoms with Gasteiger partial charge in [0.2, 0.25) is 0 Å². The molecule has 0 aliphatic heterocycles. The summed E-state index contributed by atoms with van der Waals surface area (Å²) in [5.74, 6) is -0.118. The highest BCUT2D eigenvalue weighted by molar-refractivity contribution is 5.71. The summed E-state index contributed by atoms with van der Waals surface area (Å²) in [7, 11) is 0. The fourth-order valence-electron chi connectivity index (χ4n) is 2.04. The third-order valence-corrected chi connectivity index (χ3v) is 2.99. The van der Waals surface area contributed by atoms with Gasteiger partial charge >= 0.3 is 5.97 Å². The van der Waals surface area contributed by atoms with Crippen molar-refractivity contribution in [1.82, 2.24) is 4.90 Å². The average molecular weight is 247 g/mol. The Bertz CT molecular complexity index is 385. The molecule has 1 aromatic carbocycles. The summed E-state index contributed by atoms with van der Waals surface area (Å²) in [6.07, 6.45) is 2.36. The number of benzene rings is 1. The summed E-state index contributed by atoms with van der Waals surface area (Å²) in [4.78, 5) is 13.9. The van der Waals surface area contributed by atoms with Crippen molar-refractivity contribution < 1.29 is 9.53 Å². The second kappa shape index (κ2) is 6.01. The Kier molecular flexibility index (Phi) is 4.37. The Balaban J connectivity index is 1.90. The van der Waals surface area contributed by atoms with Crippen LogP contribution in [0, 0.1) is 0 Å². The van der Waals surface area contributed by atoms with Crippen molar-refractivity contribution in [3.63, 3.8) is 0 Å². The number of carbonyl (C=O) groups is 1. The maximum Gasteiger partial charge on any atom is 0.320 e. The van der Waals surface area contributed by atoms with E-state index in [0.717, 1.165) is 6.54 Å². The zero-order valence-corrected chi connectivity index (χ0v) is 11.1. The van der Waals surface area contributed by atoms with Gasteiger partial charge in [-0.2, -0.15) is 0 Å². The number of ether oxygens (including phenoxy) is 1. The van der Waals surface area contributed by atoms with Crippen LogP contribution in [-0.4, -0.2) is 29.6 Å². The van der Waals surface area contributed by atoms with E-state index in [2.05, 4.69) is 17.0 Å². The number of carbonyl (C=O) groups excluding carboxylic acids is 1. The molecule has 0 bridgehead atoms. The molecule has 0 spiro atoms. The summed E-state index contributed by atoms with van der Waals surface area (Å²) in [5, 5.41) is 0. The number of nitrogens with zero attached hydrogens (tertiary/aromatic N) is 1. The van der Waals surface area contributed by atoms with Gasteiger partial charge in [0.15, 0.2) is 0 Å². The molecular formula is C15H21NO2. The summed E-state index contributed by atoms with van der Waals surface area (Å²) in [6, 6.07) is 10.8. The van der Waals surface area contributed by atoms with Crippen LogP contribution >= 0.6 is 0 Å². The van der Waals surface area contributed by atoms with Crippen LogP contribution in [0.25, 0.3) is 0 Å². The first-order valence-corrected chi connectivity index (χ1v) is 6.62. The maximum atomic E-state index is 11.7. The highest BCUT2D eigenvalue weighted by Gasteiger charge is 2.30. The zero-order valence-electron chi connectivity index (χ0n) is 11.1. The predicted molar refractivity (Wildman–Crippen MR) is 71.1 cm³/mol. The van der Waals surface area contributed by atoms with E-state index in [4.69, 9.17) is 4.74 Å². The maximum absolute atomic E-state index is 11.7. The zero-order chi connectivity index (χ0) is 13.0. The lowest BCUT2D eigenvalue weighted by Gasteiger charge is -2.21. The number of hydrogen-bond acceptors (Lipinski definition) is 3. The van der Waals surface area contributed by atoms with Crippen LogP contribution in [0.2, 0.25) is 0 Å². The summed E-state index contributed by atoms with van der Waals surface area (Å²) < 4.78 is 5.22. The molecule has 0 atom stereocenters. The van der Waals surface area contributed by atoms with Crippen LogP contribution in [0.5, 0.6) is 0 Å². The van der Waals surface area contributed by atoms with Crippen LogP contribution in [-0.2, 0) is 16.1 Å². The first-order valence-electron chi connectivity index (χ1n) is 6.62. The Hall–Kier alpha value is -1.35. The van der Waals surface area contributed by atoms with Crippen LogP contribution in [0.4, 0.5) is 0 Å². The SMILES string of the molecule is CC(C)OC(=O)CN(Cc1ccccc1)C1CC1. The molecule has 0 aromatic heterocycles. The van der Waals surface area contributed by atoms with Gasteiger partial charge < -0.3 is 4.74 Å². The molecule has 1 fully saturated rings. The van der Waals surface area contributed by atoms with Crippen molar-refractivity contribution in [2.24, 2.45) is 0 Å². The van der Waals surface area contributed by atoms with Crippen molar-refractivity contribution >= 4 is 5.97 Å². The fraction of sp³-hybridized carbons (Fsp3) is 0.533. The minimum absolute atomic E-state index is 0.0321. The van der Waals surface area contributed by atoms with E-state index in [1.165, 1.54) is 18.4 Å². The van der Waals surface area contributed by atoms with Crippen LogP contribution in [0.3, 0.4) is 0 Å². The Labute approximate surface area is 109 Å². The van der Waals surface area contributed by atoms with Gasteiger partial charge in [-0.15, -0.1) is 0 Å². The Morgan fingerprint density at radius 2 is 2.00 bits per heavy atom. The van der Waals surface area contributed by atoms with Gasteiger partial charge in [-0.1, -0.05) is 30.3 Å². The van der Waals surface area contributed by atoms with E-state index >= 15 is 0 Å². The standard InChI is InChI=1S/C15H21NO2/c1-12(2)18-15(17)11-16(14-8-9-14)10-13-6-4-3-5-7-13/h3-7,12,14H,8-11H2,1-2H3. The highest BCUT2D eigenvalue weighted by atomic mass is 16.5. The smallest absolute Gasteiger partial charge is 0.320 e. The van der Waals surface area contributed by atoms with E-state index < -0.39 is 0 Å². The van der Waals surface area contributed by atoms with Crippen molar-refractivity contribution in [3.05, 3.63) is 35.9 Å². The van der Waals surface area contributed by atoms with Gasteiger partial charge in [0.05, 0.1) is 12.6 Å². The van der Waals surface area contributed by atoms with E-state index in [9.17, 15) is 4.79 Å². The molecule has 0 saturated heterocycles. The first-order chi connectivity index (χ1) is 8.65. The van der Waals surface area contributed by atoms with E-state index in [1.54, 1.807) is 0 Å². The van der Waals surface area contributed by atoms with Crippen molar-refractivity contribution in [2.75, 3.05) is 6.54 Å². The normalized spacial score (nSPS) is 15.1. The van der Waals surface area contributed by atoms with Crippen LogP contribution in [0.15, 0.2) is 30.3 Å². The van der Waals surface area contributed by atoms with Gasteiger partial charge in [0.1, 0.15) is 0 Å². The molecule has 1 saturated carbocycles. The molecule has 1 aliphatic carbocycles. The predicted octanol–water partition coefficient (Wildman–Crippen LogP) is 2.60. The topological polar surface area (TPSA) is 29.5 Å².